The molecule has 0 amide bonds. The third kappa shape index (κ3) is 1.10. The summed E-state index contributed by atoms with van der Waals surface area (Å²) in [5, 5.41) is 6.95. The number of hydrogen-bond donors (Lipinski definition) is 1. The minimum absolute atomic E-state index is 0.00352. The lowest BCUT2D eigenvalue weighted by molar-refractivity contribution is 0.742. The SMILES string of the molecule is Cn1[nH]c(-c2ccsc2)cc1=O. The Hall–Kier alpha value is -1.29. The predicted octanol–water partition coefficient (Wildman–Crippen LogP) is 1.44. The first-order chi connectivity index (χ1) is 5.77. The first kappa shape index (κ1) is 7.36. The molecule has 4 heteroatoms. The van der Waals surface area contributed by atoms with Crippen LogP contribution in [0, 0.1) is 0 Å². The average Bonchev–Trinajstić information content (AvgIpc) is 2.61. The van der Waals surface area contributed by atoms with Crippen molar-refractivity contribution in [1.29, 1.82) is 0 Å². The number of nitrogens with zero attached hydrogens (tertiary/aromatic N) is 1. The van der Waals surface area contributed by atoms with Gasteiger partial charge >= 0.3 is 0 Å². The Balaban J connectivity index is 2.56. The summed E-state index contributed by atoms with van der Waals surface area (Å²) in [5.74, 6) is 0. The molecule has 1 N–H and O–H groups in total. The number of thiophene rings is 1. The molecule has 2 aromatic rings. The smallest absolute Gasteiger partial charge is 0.266 e. The molecule has 0 aliphatic carbocycles. The quantitative estimate of drug-likeness (QED) is 0.708. The zero-order chi connectivity index (χ0) is 8.55. The largest absolute Gasteiger partial charge is 0.295 e. The molecule has 0 atom stereocenters. The molecule has 2 heterocycles. The van der Waals surface area contributed by atoms with Crippen LogP contribution >= 0.6 is 11.3 Å². The molecule has 0 aliphatic heterocycles. The maximum absolute atomic E-state index is 11.1. The van der Waals surface area contributed by atoms with Gasteiger partial charge in [0, 0.05) is 24.1 Å². The van der Waals surface area contributed by atoms with Crippen LogP contribution in [0.4, 0.5) is 0 Å². The minimum atomic E-state index is -0.00352. The third-order valence-corrected chi connectivity index (χ3v) is 2.40. The average molecular weight is 180 g/mol. The first-order valence-electron chi connectivity index (χ1n) is 3.56. The van der Waals surface area contributed by atoms with Crippen LogP contribution in [-0.2, 0) is 7.05 Å². The van der Waals surface area contributed by atoms with E-state index in [1.165, 1.54) is 4.68 Å². The van der Waals surface area contributed by atoms with E-state index in [1.807, 2.05) is 16.8 Å². The highest BCUT2D eigenvalue weighted by Crippen LogP contribution is 2.17. The summed E-state index contributed by atoms with van der Waals surface area (Å²) in [4.78, 5) is 11.1. The fourth-order valence-corrected chi connectivity index (χ4v) is 1.71. The van der Waals surface area contributed by atoms with Crippen LogP contribution in [0.25, 0.3) is 11.3 Å². The van der Waals surface area contributed by atoms with Crippen molar-refractivity contribution in [2.45, 2.75) is 0 Å². The van der Waals surface area contributed by atoms with Crippen LogP contribution in [0.15, 0.2) is 27.7 Å². The van der Waals surface area contributed by atoms with Crippen LogP contribution in [0.3, 0.4) is 0 Å². The van der Waals surface area contributed by atoms with Crippen LogP contribution in [0.2, 0.25) is 0 Å². The van der Waals surface area contributed by atoms with Gasteiger partial charge in [0.05, 0.1) is 5.69 Å². The van der Waals surface area contributed by atoms with Crippen molar-refractivity contribution in [3.05, 3.63) is 33.2 Å². The standard InChI is InChI=1S/C8H8N2OS/c1-10-8(11)4-7(9-10)6-2-3-12-5-6/h2-5,9H,1H3. The highest BCUT2D eigenvalue weighted by molar-refractivity contribution is 7.08. The molecular formula is C8H8N2OS. The van der Waals surface area contributed by atoms with Crippen molar-refractivity contribution in [2.75, 3.05) is 0 Å². The molecule has 0 aliphatic rings. The second-order valence-corrected chi connectivity index (χ2v) is 3.36. The Kier molecular flexibility index (Phi) is 1.62. The summed E-state index contributed by atoms with van der Waals surface area (Å²) < 4.78 is 1.47. The highest BCUT2D eigenvalue weighted by atomic mass is 32.1. The minimum Gasteiger partial charge on any atom is -0.295 e. The van der Waals surface area contributed by atoms with E-state index in [2.05, 4.69) is 5.10 Å². The Bertz CT molecular complexity index is 424. The first-order valence-corrected chi connectivity index (χ1v) is 4.50. The molecule has 0 bridgehead atoms. The monoisotopic (exact) mass is 180 g/mol. The predicted molar refractivity (Wildman–Crippen MR) is 49.3 cm³/mol. The molecule has 0 spiro atoms. The molecule has 0 fully saturated rings. The van der Waals surface area contributed by atoms with Crippen molar-refractivity contribution >= 4 is 11.3 Å². The van der Waals surface area contributed by atoms with E-state index in [-0.39, 0.29) is 5.56 Å². The molecule has 0 radical (unpaired) electrons. The van der Waals surface area contributed by atoms with Crippen molar-refractivity contribution in [1.82, 2.24) is 9.78 Å². The number of hydrogen-bond acceptors (Lipinski definition) is 2. The fraction of sp³-hybridized carbons (Fsp3) is 0.125. The summed E-state index contributed by atoms with van der Waals surface area (Å²) in [5.41, 5.74) is 1.94. The summed E-state index contributed by atoms with van der Waals surface area (Å²) in [7, 11) is 1.71. The van der Waals surface area contributed by atoms with Gasteiger partial charge in [-0.15, -0.1) is 0 Å². The second-order valence-electron chi connectivity index (χ2n) is 2.58. The van der Waals surface area contributed by atoms with E-state index < -0.39 is 0 Å². The second kappa shape index (κ2) is 2.64. The van der Waals surface area contributed by atoms with Gasteiger partial charge in [0.1, 0.15) is 0 Å². The van der Waals surface area contributed by atoms with Gasteiger partial charge in [-0.25, -0.2) is 0 Å². The van der Waals surface area contributed by atoms with E-state index in [0.29, 0.717) is 0 Å². The van der Waals surface area contributed by atoms with Crippen molar-refractivity contribution in [2.24, 2.45) is 7.05 Å². The molecule has 62 valence electrons. The number of nitrogens with one attached hydrogen (secondary N) is 1. The molecule has 12 heavy (non-hydrogen) atoms. The third-order valence-electron chi connectivity index (χ3n) is 1.72. The van der Waals surface area contributed by atoms with Crippen molar-refractivity contribution < 1.29 is 0 Å². The van der Waals surface area contributed by atoms with Crippen LogP contribution in [0.5, 0.6) is 0 Å². The lowest BCUT2D eigenvalue weighted by Crippen LogP contribution is -2.09. The Labute approximate surface area is 73.3 Å². The number of aryl methyl sites for hydroxylation is 1. The molecule has 0 unspecified atom stereocenters. The number of aromatic amines is 1. The number of rotatable bonds is 1. The van der Waals surface area contributed by atoms with Gasteiger partial charge in [0.15, 0.2) is 0 Å². The van der Waals surface area contributed by atoms with Crippen molar-refractivity contribution in [3.8, 4) is 11.3 Å². The normalized spacial score (nSPS) is 10.4. The van der Waals surface area contributed by atoms with E-state index in [4.69, 9.17) is 0 Å². The molecule has 2 rings (SSSR count). The lowest BCUT2D eigenvalue weighted by Gasteiger charge is -1.89. The maximum Gasteiger partial charge on any atom is 0.266 e. The van der Waals surface area contributed by atoms with Crippen LogP contribution in [0.1, 0.15) is 0 Å². The summed E-state index contributed by atoms with van der Waals surface area (Å²) in [6, 6.07) is 3.58. The molecule has 0 saturated carbocycles. The maximum atomic E-state index is 11.1. The van der Waals surface area contributed by atoms with Gasteiger partial charge in [0.2, 0.25) is 0 Å². The molecule has 0 aromatic carbocycles. The molecule has 2 aromatic heterocycles. The van der Waals surface area contributed by atoms with Gasteiger partial charge in [-0.3, -0.25) is 14.6 Å². The van der Waals surface area contributed by atoms with Gasteiger partial charge < -0.3 is 0 Å². The number of H-pyrrole nitrogens is 1. The van der Waals surface area contributed by atoms with Crippen LogP contribution < -0.4 is 5.56 Å². The molecular weight excluding hydrogens is 172 g/mol. The van der Waals surface area contributed by atoms with E-state index in [0.717, 1.165) is 11.3 Å². The molecule has 0 saturated heterocycles. The van der Waals surface area contributed by atoms with Gasteiger partial charge in [0.25, 0.3) is 5.56 Å². The van der Waals surface area contributed by atoms with Crippen molar-refractivity contribution in [3.63, 3.8) is 0 Å². The van der Waals surface area contributed by atoms with E-state index in [9.17, 15) is 4.79 Å². The summed E-state index contributed by atoms with van der Waals surface area (Å²) in [6.07, 6.45) is 0. The molecule has 3 nitrogen and oxygen atoms in total. The fourth-order valence-electron chi connectivity index (χ4n) is 1.05. The van der Waals surface area contributed by atoms with Gasteiger partial charge in [-0.05, 0) is 11.4 Å². The summed E-state index contributed by atoms with van der Waals surface area (Å²) >= 11 is 1.62. The highest BCUT2D eigenvalue weighted by Gasteiger charge is 2.01. The topological polar surface area (TPSA) is 37.8 Å². The van der Waals surface area contributed by atoms with Gasteiger partial charge in [-0.1, -0.05) is 0 Å². The Morgan fingerprint density at radius 3 is 2.92 bits per heavy atom. The van der Waals surface area contributed by atoms with E-state index >= 15 is 0 Å². The zero-order valence-electron chi connectivity index (χ0n) is 6.57. The summed E-state index contributed by atoms with van der Waals surface area (Å²) in [6.45, 7) is 0. The van der Waals surface area contributed by atoms with Crippen LogP contribution in [-0.4, -0.2) is 9.78 Å². The Morgan fingerprint density at radius 1 is 1.58 bits per heavy atom. The van der Waals surface area contributed by atoms with E-state index in [1.54, 1.807) is 24.5 Å². The lowest BCUT2D eigenvalue weighted by atomic mass is 10.2. The zero-order valence-corrected chi connectivity index (χ0v) is 7.39. The number of aromatic nitrogens is 2. The Morgan fingerprint density at radius 2 is 2.42 bits per heavy atom. The van der Waals surface area contributed by atoms with Gasteiger partial charge in [-0.2, -0.15) is 11.3 Å².